The third-order valence-corrected chi connectivity index (χ3v) is 2.63. The number of hydrogen-bond donors (Lipinski definition) is 2. The van der Waals surface area contributed by atoms with Gasteiger partial charge in [-0.1, -0.05) is 19.1 Å². The number of nitrogens with zero attached hydrogens (tertiary/aromatic N) is 1. The van der Waals surface area contributed by atoms with Crippen LogP contribution >= 0.6 is 0 Å². The van der Waals surface area contributed by atoms with E-state index in [-0.39, 0.29) is 5.91 Å². The van der Waals surface area contributed by atoms with Gasteiger partial charge in [-0.05, 0) is 17.7 Å². The van der Waals surface area contributed by atoms with E-state index in [1.165, 1.54) is 6.92 Å². The fourth-order valence-electron chi connectivity index (χ4n) is 1.60. The zero-order chi connectivity index (χ0) is 13.7. The number of imidazole rings is 1. The molecule has 2 N–H and O–H groups in total. The van der Waals surface area contributed by atoms with Gasteiger partial charge in [-0.3, -0.25) is 4.79 Å². The Labute approximate surface area is 112 Å². The molecule has 0 aliphatic carbocycles. The van der Waals surface area contributed by atoms with Gasteiger partial charge >= 0.3 is 0 Å². The Morgan fingerprint density at radius 2 is 2.11 bits per heavy atom. The van der Waals surface area contributed by atoms with Gasteiger partial charge < -0.3 is 15.0 Å². The van der Waals surface area contributed by atoms with E-state index >= 15 is 0 Å². The molecule has 19 heavy (non-hydrogen) atoms. The van der Waals surface area contributed by atoms with Crippen molar-refractivity contribution < 1.29 is 9.53 Å². The van der Waals surface area contributed by atoms with E-state index in [9.17, 15) is 4.79 Å². The summed E-state index contributed by atoms with van der Waals surface area (Å²) in [5.41, 5.74) is 1.03. The highest BCUT2D eigenvalue weighted by atomic mass is 16.5. The molecule has 5 nitrogen and oxygen atoms in total. The molecule has 0 unspecified atom stereocenters. The van der Waals surface area contributed by atoms with Gasteiger partial charge in [0.15, 0.2) is 0 Å². The SMILES string of the molecule is CCc1ncc(Oc2ccc(CNC(C)=O)cc2)[nH]1. The fourth-order valence-corrected chi connectivity index (χ4v) is 1.60. The summed E-state index contributed by atoms with van der Waals surface area (Å²) in [6.07, 6.45) is 2.52. The third kappa shape index (κ3) is 3.84. The number of amides is 1. The zero-order valence-electron chi connectivity index (χ0n) is 11.1. The average Bonchev–Trinajstić information content (AvgIpc) is 2.85. The van der Waals surface area contributed by atoms with E-state index in [0.717, 1.165) is 23.6 Å². The Morgan fingerprint density at radius 1 is 1.37 bits per heavy atom. The van der Waals surface area contributed by atoms with E-state index < -0.39 is 0 Å². The minimum absolute atomic E-state index is 0.0371. The number of carbonyl (C=O) groups excluding carboxylic acids is 1. The van der Waals surface area contributed by atoms with Crippen molar-refractivity contribution in [3.8, 4) is 11.6 Å². The molecule has 0 fully saturated rings. The lowest BCUT2D eigenvalue weighted by molar-refractivity contribution is -0.119. The molecule has 100 valence electrons. The van der Waals surface area contributed by atoms with E-state index in [2.05, 4.69) is 15.3 Å². The standard InChI is InChI=1S/C14H17N3O2/c1-3-13-16-9-14(17-13)19-12-6-4-11(5-7-12)8-15-10(2)18/h4-7,9H,3,8H2,1-2H3,(H,15,18)(H,16,17). The molecule has 5 heteroatoms. The quantitative estimate of drug-likeness (QED) is 0.866. The first kappa shape index (κ1) is 13.1. The van der Waals surface area contributed by atoms with Crippen LogP contribution in [0.15, 0.2) is 30.5 Å². The van der Waals surface area contributed by atoms with E-state index in [1.807, 2.05) is 31.2 Å². The molecule has 0 atom stereocenters. The Balaban J connectivity index is 1.96. The minimum atomic E-state index is -0.0371. The minimum Gasteiger partial charge on any atom is -0.439 e. The van der Waals surface area contributed by atoms with Gasteiger partial charge in [-0.2, -0.15) is 0 Å². The molecule has 1 aromatic heterocycles. The van der Waals surface area contributed by atoms with Crippen LogP contribution in [0.25, 0.3) is 0 Å². The van der Waals surface area contributed by atoms with E-state index in [1.54, 1.807) is 6.20 Å². The van der Waals surface area contributed by atoms with E-state index in [4.69, 9.17) is 4.74 Å². The molecule has 1 amide bonds. The lowest BCUT2D eigenvalue weighted by Gasteiger charge is -2.05. The summed E-state index contributed by atoms with van der Waals surface area (Å²) >= 11 is 0. The molecule has 0 spiro atoms. The summed E-state index contributed by atoms with van der Waals surface area (Å²) in [6.45, 7) is 4.06. The smallest absolute Gasteiger partial charge is 0.217 e. The van der Waals surface area contributed by atoms with Crippen LogP contribution in [-0.4, -0.2) is 15.9 Å². The largest absolute Gasteiger partial charge is 0.439 e. The molecule has 0 saturated heterocycles. The summed E-state index contributed by atoms with van der Waals surface area (Å²) < 4.78 is 5.64. The molecule has 1 aromatic carbocycles. The van der Waals surface area contributed by atoms with Crippen molar-refractivity contribution in [1.29, 1.82) is 0 Å². The highest BCUT2D eigenvalue weighted by molar-refractivity contribution is 5.72. The highest BCUT2D eigenvalue weighted by Crippen LogP contribution is 2.19. The number of rotatable bonds is 5. The molecular weight excluding hydrogens is 242 g/mol. The maximum absolute atomic E-state index is 10.8. The topological polar surface area (TPSA) is 67.0 Å². The number of ether oxygens (including phenoxy) is 1. The summed E-state index contributed by atoms with van der Waals surface area (Å²) in [6, 6.07) is 7.57. The number of carbonyl (C=O) groups is 1. The van der Waals surface area contributed by atoms with Crippen molar-refractivity contribution in [2.24, 2.45) is 0 Å². The molecular formula is C14H17N3O2. The molecule has 0 bridgehead atoms. The van der Waals surface area contributed by atoms with Crippen LogP contribution in [-0.2, 0) is 17.8 Å². The summed E-state index contributed by atoms with van der Waals surface area (Å²) in [5, 5.41) is 2.75. The van der Waals surface area contributed by atoms with Crippen molar-refractivity contribution in [1.82, 2.24) is 15.3 Å². The fraction of sp³-hybridized carbons (Fsp3) is 0.286. The van der Waals surface area contributed by atoms with Gasteiger partial charge in [-0.25, -0.2) is 4.98 Å². The molecule has 0 aliphatic rings. The molecule has 0 aliphatic heterocycles. The number of benzene rings is 1. The average molecular weight is 259 g/mol. The van der Waals surface area contributed by atoms with Crippen molar-refractivity contribution in [3.05, 3.63) is 41.9 Å². The number of aromatic nitrogens is 2. The highest BCUT2D eigenvalue weighted by Gasteiger charge is 2.02. The monoisotopic (exact) mass is 259 g/mol. The summed E-state index contributed by atoms with van der Waals surface area (Å²) in [5.74, 6) is 2.23. The third-order valence-electron chi connectivity index (χ3n) is 2.63. The Kier molecular flexibility index (Phi) is 4.18. The molecule has 0 saturated carbocycles. The van der Waals surface area contributed by atoms with Gasteiger partial charge in [0.25, 0.3) is 0 Å². The van der Waals surface area contributed by atoms with Crippen molar-refractivity contribution >= 4 is 5.91 Å². The van der Waals surface area contributed by atoms with Crippen LogP contribution in [0, 0.1) is 0 Å². The first-order valence-corrected chi connectivity index (χ1v) is 6.22. The van der Waals surface area contributed by atoms with Crippen LogP contribution in [0.3, 0.4) is 0 Å². The number of nitrogens with one attached hydrogen (secondary N) is 2. The number of aryl methyl sites for hydroxylation is 1. The lowest BCUT2D eigenvalue weighted by atomic mass is 10.2. The van der Waals surface area contributed by atoms with E-state index in [0.29, 0.717) is 12.4 Å². The summed E-state index contributed by atoms with van der Waals surface area (Å²) in [7, 11) is 0. The van der Waals surface area contributed by atoms with Crippen LogP contribution in [0.1, 0.15) is 25.2 Å². The second-order valence-corrected chi connectivity index (χ2v) is 4.20. The Hall–Kier alpha value is -2.30. The lowest BCUT2D eigenvalue weighted by Crippen LogP contribution is -2.18. The predicted molar refractivity (Wildman–Crippen MR) is 72.0 cm³/mol. The maximum Gasteiger partial charge on any atom is 0.217 e. The Morgan fingerprint density at radius 3 is 2.68 bits per heavy atom. The molecule has 1 heterocycles. The second-order valence-electron chi connectivity index (χ2n) is 4.20. The first-order valence-electron chi connectivity index (χ1n) is 6.22. The second kappa shape index (κ2) is 6.04. The first-order chi connectivity index (χ1) is 9.17. The van der Waals surface area contributed by atoms with Crippen molar-refractivity contribution in [2.75, 3.05) is 0 Å². The zero-order valence-corrected chi connectivity index (χ0v) is 11.1. The van der Waals surface area contributed by atoms with Crippen molar-refractivity contribution in [2.45, 2.75) is 26.8 Å². The van der Waals surface area contributed by atoms with Gasteiger partial charge in [-0.15, -0.1) is 0 Å². The van der Waals surface area contributed by atoms with Gasteiger partial charge in [0, 0.05) is 19.9 Å². The van der Waals surface area contributed by atoms with Gasteiger partial charge in [0.2, 0.25) is 11.8 Å². The molecule has 2 aromatic rings. The van der Waals surface area contributed by atoms with Gasteiger partial charge in [0.05, 0.1) is 6.20 Å². The van der Waals surface area contributed by atoms with Crippen LogP contribution in [0.2, 0.25) is 0 Å². The maximum atomic E-state index is 10.8. The predicted octanol–water partition coefficient (Wildman–Crippen LogP) is 2.40. The molecule has 0 radical (unpaired) electrons. The number of aromatic amines is 1. The van der Waals surface area contributed by atoms with Crippen molar-refractivity contribution in [3.63, 3.8) is 0 Å². The molecule has 2 rings (SSSR count). The number of H-pyrrole nitrogens is 1. The van der Waals surface area contributed by atoms with Gasteiger partial charge in [0.1, 0.15) is 11.6 Å². The summed E-state index contributed by atoms with van der Waals surface area (Å²) in [4.78, 5) is 18.1. The van der Waals surface area contributed by atoms with Crippen LogP contribution in [0.5, 0.6) is 11.6 Å². The normalized spacial score (nSPS) is 10.2. The van der Waals surface area contributed by atoms with Crippen LogP contribution < -0.4 is 10.1 Å². The Bertz CT molecular complexity index is 546. The van der Waals surface area contributed by atoms with Crippen LogP contribution in [0.4, 0.5) is 0 Å². The number of hydrogen-bond acceptors (Lipinski definition) is 3.